The zero-order chi connectivity index (χ0) is 12.7. The molecule has 1 atom stereocenters. The van der Waals surface area contributed by atoms with Crippen molar-refractivity contribution in [1.82, 2.24) is 5.32 Å². The van der Waals surface area contributed by atoms with Crippen molar-refractivity contribution in [1.29, 1.82) is 0 Å². The normalized spacial score (nSPS) is 19.5. The van der Waals surface area contributed by atoms with Crippen LogP contribution in [-0.2, 0) is 14.3 Å². The molecule has 1 unspecified atom stereocenters. The summed E-state index contributed by atoms with van der Waals surface area (Å²) in [5.41, 5.74) is -0.541. The van der Waals surface area contributed by atoms with Gasteiger partial charge in [0.05, 0.1) is 25.6 Å². The first-order valence-corrected chi connectivity index (χ1v) is 7.20. The van der Waals surface area contributed by atoms with Crippen molar-refractivity contribution >= 4 is 17.7 Å². The second kappa shape index (κ2) is 7.24. The minimum atomic E-state index is -0.541. The van der Waals surface area contributed by atoms with Gasteiger partial charge in [0, 0.05) is 0 Å². The summed E-state index contributed by atoms with van der Waals surface area (Å²) in [6.45, 7) is 6.45. The zero-order valence-electron chi connectivity index (χ0n) is 11.0. The number of methoxy groups -OCH3 is 1. The summed E-state index contributed by atoms with van der Waals surface area (Å²) in [5.74, 6) is 0.905. The van der Waals surface area contributed by atoms with E-state index in [2.05, 4.69) is 5.32 Å². The lowest BCUT2D eigenvalue weighted by Crippen LogP contribution is -2.50. The molecule has 0 radical (unpaired) electrons. The molecule has 5 heteroatoms. The van der Waals surface area contributed by atoms with E-state index in [9.17, 15) is 4.79 Å². The number of carbonyl (C=O) groups excluding carboxylic acids is 1. The lowest BCUT2D eigenvalue weighted by Gasteiger charge is -2.28. The lowest BCUT2D eigenvalue weighted by molar-refractivity contribution is -0.148. The molecule has 1 aliphatic rings. The molecule has 1 aliphatic heterocycles. The molecular weight excluding hydrogens is 238 g/mol. The van der Waals surface area contributed by atoms with Crippen LogP contribution in [0.2, 0.25) is 0 Å². The number of esters is 1. The highest BCUT2D eigenvalue weighted by Gasteiger charge is 2.32. The molecule has 17 heavy (non-hydrogen) atoms. The molecule has 1 heterocycles. The molecular formula is C12H23NO3S. The van der Waals surface area contributed by atoms with Crippen LogP contribution in [0.4, 0.5) is 0 Å². The van der Waals surface area contributed by atoms with E-state index in [-0.39, 0.29) is 5.97 Å². The summed E-state index contributed by atoms with van der Waals surface area (Å²) in [5, 5.41) is 3.88. The van der Waals surface area contributed by atoms with Crippen molar-refractivity contribution in [3.8, 4) is 0 Å². The summed E-state index contributed by atoms with van der Waals surface area (Å²) < 4.78 is 9.97. The van der Waals surface area contributed by atoms with Crippen molar-refractivity contribution in [2.24, 2.45) is 0 Å². The molecule has 0 saturated carbocycles. The molecule has 100 valence electrons. The van der Waals surface area contributed by atoms with Crippen molar-refractivity contribution in [3.63, 3.8) is 0 Å². The number of ether oxygens (including phenoxy) is 2. The summed E-state index contributed by atoms with van der Waals surface area (Å²) >= 11 is 1.94. The highest BCUT2D eigenvalue weighted by atomic mass is 32.2. The van der Waals surface area contributed by atoms with Crippen molar-refractivity contribution in [3.05, 3.63) is 0 Å². The van der Waals surface area contributed by atoms with Crippen LogP contribution < -0.4 is 5.32 Å². The Morgan fingerprint density at radius 1 is 1.59 bits per heavy atom. The molecule has 0 aromatic carbocycles. The van der Waals surface area contributed by atoms with Gasteiger partial charge < -0.3 is 14.8 Å². The van der Waals surface area contributed by atoms with Gasteiger partial charge in [-0.15, -0.1) is 0 Å². The largest absolute Gasteiger partial charge is 0.468 e. The van der Waals surface area contributed by atoms with Gasteiger partial charge in [-0.2, -0.15) is 11.8 Å². The molecule has 0 aliphatic carbocycles. The summed E-state index contributed by atoms with van der Waals surface area (Å²) in [4.78, 5) is 11.7. The highest BCUT2D eigenvalue weighted by Crippen LogP contribution is 2.22. The SMILES string of the molecule is CCNC(C)(CCCSC1COC1)C(=O)OC. The molecule has 0 bridgehead atoms. The fourth-order valence-electron chi connectivity index (χ4n) is 1.86. The van der Waals surface area contributed by atoms with Gasteiger partial charge in [-0.3, -0.25) is 4.79 Å². The average Bonchev–Trinajstić information content (AvgIpc) is 2.25. The van der Waals surface area contributed by atoms with Gasteiger partial charge in [-0.05, 0) is 32.1 Å². The minimum absolute atomic E-state index is 0.170. The van der Waals surface area contributed by atoms with Crippen molar-refractivity contribution in [2.75, 3.05) is 32.6 Å². The predicted molar refractivity (Wildman–Crippen MR) is 70.4 cm³/mol. The first-order valence-electron chi connectivity index (χ1n) is 6.15. The maximum absolute atomic E-state index is 11.7. The Kier molecular flexibility index (Phi) is 6.30. The summed E-state index contributed by atoms with van der Waals surface area (Å²) in [6, 6.07) is 0. The molecule has 0 spiro atoms. The Morgan fingerprint density at radius 3 is 2.76 bits per heavy atom. The molecule has 0 aromatic rings. The summed E-state index contributed by atoms with van der Waals surface area (Å²) in [6.07, 6.45) is 1.83. The molecule has 1 rings (SSSR count). The molecule has 4 nitrogen and oxygen atoms in total. The Balaban J connectivity index is 2.24. The van der Waals surface area contributed by atoms with Crippen LogP contribution in [0, 0.1) is 0 Å². The number of likely N-dealkylation sites (N-methyl/N-ethyl adjacent to an activating group) is 1. The van der Waals surface area contributed by atoms with Crippen LogP contribution >= 0.6 is 11.8 Å². The van der Waals surface area contributed by atoms with Crippen molar-refractivity contribution < 1.29 is 14.3 Å². The maximum Gasteiger partial charge on any atom is 0.325 e. The third-order valence-corrected chi connectivity index (χ3v) is 4.25. The summed E-state index contributed by atoms with van der Waals surface area (Å²) in [7, 11) is 1.44. The predicted octanol–water partition coefficient (Wildman–Crippen LogP) is 1.44. The second-order valence-corrected chi connectivity index (χ2v) is 5.90. The average molecular weight is 261 g/mol. The van der Waals surface area contributed by atoms with E-state index < -0.39 is 5.54 Å². The number of carbonyl (C=O) groups is 1. The highest BCUT2D eigenvalue weighted by molar-refractivity contribution is 8.00. The van der Waals surface area contributed by atoms with Crippen molar-refractivity contribution in [2.45, 2.75) is 37.5 Å². The monoisotopic (exact) mass is 261 g/mol. The van der Waals surface area contributed by atoms with Gasteiger partial charge in [-0.1, -0.05) is 6.92 Å². The van der Waals surface area contributed by atoms with Crippen LogP contribution in [0.25, 0.3) is 0 Å². The fourth-order valence-corrected chi connectivity index (χ4v) is 2.89. The molecule has 0 aromatic heterocycles. The standard InChI is InChI=1S/C12H23NO3S/c1-4-13-12(2,11(14)15-3)6-5-7-17-10-8-16-9-10/h10,13H,4-9H2,1-3H3. The molecule has 1 saturated heterocycles. The van der Waals surface area contributed by atoms with Crippen LogP contribution in [0.1, 0.15) is 26.7 Å². The van der Waals surface area contributed by atoms with Crippen LogP contribution in [-0.4, -0.2) is 49.4 Å². The zero-order valence-corrected chi connectivity index (χ0v) is 11.8. The number of thioether (sulfide) groups is 1. The van der Waals surface area contributed by atoms with E-state index >= 15 is 0 Å². The number of nitrogens with one attached hydrogen (secondary N) is 1. The first kappa shape index (κ1) is 14.8. The Hall–Kier alpha value is -0.260. The molecule has 1 fully saturated rings. The van der Waals surface area contributed by atoms with E-state index in [1.165, 1.54) is 7.11 Å². The van der Waals surface area contributed by atoms with Crippen LogP contribution in [0.3, 0.4) is 0 Å². The Bertz CT molecular complexity index is 246. The Labute approximate surface area is 108 Å². The molecule has 0 amide bonds. The second-order valence-electron chi connectivity index (χ2n) is 4.49. The van der Waals surface area contributed by atoms with E-state index in [4.69, 9.17) is 9.47 Å². The van der Waals surface area contributed by atoms with Gasteiger partial charge in [0.15, 0.2) is 0 Å². The maximum atomic E-state index is 11.7. The quantitative estimate of drug-likeness (QED) is 0.529. The van der Waals surface area contributed by atoms with Gasteiger partial charge in [0.1, 0.15) is 5.54 Å². The Morgan fingerprint density at radius 2 is 2.29 bits per heavy atom. The first-order chi connectivity index (χ1) is 8.12. The third kappa shape index (κ3) is 4.48. The van der Waals surface area contributed by atoms with E-state index in [1.54, 1.807) is 0 Å². The number of rotatable bonds is 8. The van der Waals surface area contributed by atoms with Gasteiger partial charge >= 0.3 is 5.97 Å². The van der Waals surface area contributed by atoms with Gasteiger partial charge in [0.2, 0.25) is 0 Å². The van der Waals surface area contributed by atoms with Gasteiger partial charge in [0.25, 0.3) is 0 Å². The topological polar surface area (TPSA) is 47.6 Å². The van der Waals surface area contributed by atoms with E-state index in [0.717, 1.165) is 38.4 Å². The third-order valence-electron chi connectivity index (χ3n) is 2.99. The van der Waals surface area contributed by atoms with E-state index in [1.807, 2.05) is 25.6 Å². The number of hydrogen-bond acceptors (Lipinski definition) is 5. The van der Waals surface area contributed by atoms with E-state index in [0.29, 0.717) is 5.25 Å². The minimum Gasteiger partial charge on any atom is -0.468 e. The van der Waals surface area contributed by atoms with Crippen LogP contribution in [0.15, 0.2) is 0 Å². The lowest BCUT2D eigenvalue weighted by atomic mass is 9.96. The van der Waals surface area contributed by atoms with Crippen LogP contribution in [0.5, 0.6) is 0 Å². The molecule has 1 N–H and O–H groups in total. The van der Waals surface area contributed by atoms with Gasteiger partial charge in [-0.25, -0.2) is 0 Å². The smallest absolute Gasteiger partial charge is 0.325 e. The fraction of sp³-hybridized carbons (Fsp3) is 0.917. The number of hydrogen-bond donors (Lipinski definition) is 1.